The smallest absolute Gasteiger partial charge is 0.414 e. The zero-order chi connectivity index (χ0) is 26.2. The molecule has 2 aromatic rings. The fourth-order valence-electron chi connectivity index (χ4n) is 2.58. The first-order valence-electron chi connectivity index (χ1n) is 10.1. The summed E-state index contributed by atoms with van der Waals surface area (Å²) in [4.78, 5) is 47.2. The van der Waals surface area contributed by atoms with Crippen LogP contribution in [0.25, 0.3) is 0 Å². The second-order valence-corrected chi connectivity index (χ2v) is 7.81. The number of thiophene rings is 1. The van der Waals surface area contributed by atoms with Gasteiger partial charge >= 0.3 is 23.9 Å². The third kappa shape index (κ3) is 12.2. The first kappa shape index (κ1) is 29.2. The molecular formula is C21H25N3O10S. The van der Waals surface area contributed by atoms with Gasteiger partial charge in [-0.25, -0.2) is 19.2 Å². The van der Waals surface area contributed by atoms with Gasteiger partial charge in [-0.15, -0.1) is 11.3 Å². The van der Waals surface area contributed by atoms with E-state index in [1.54, 1.807) is 17.5 Å². The topological polar surface area (TPSA) is 216 Å². The molecule has 0 aliphatic heterocycles. The molecule has 190 valence electrons. The Hall–Kier alpha value is -3.88. The lowest BCUT2D eigenvalue weighted by Gasteiger charge is -2.14. The summed E-state index contributed by atoms with van der Waals surface area (Å²) in [5.74, 6) is -7.30. The lowest BCUT2D eigenvalue weighted by molar-refractivity contribution is -0.159. The number of carboxylic acid groups (broad SMARTS) is 4. The van der Waals surface area contributed by atoms with Crippen molar-refractivity contribution in [1.82, 2.24) is 10.3 Å². The molecule has 0 aromatic carbocycles. The number of fused-ring (bicyclic) bond motifs is 1. The number of hydrogen-bond donors (Lipinski definition) is 6. The molecule has 35 heavy (non-hydrogen) atoms. The van der Waals surface area contributed by atoms with E-state index in [4.69, 9.17) is 44.4 Å². The maximum atomic E-state index is 9.94. The zero-order valence-electron chi connectivity index (χ0n) is 18.4. The minimum atomic E-state index is -1.82. The van der Waals surface area contributed by atoms with Gasteiger partial charge < -0.3 is 35.7 Å². The standard InChI is InChI=1S/C17H21N3O2S.2C2H2O4/c21-14(11-19-10-13-3-2-7-18-9-13)12-22-20-16-4-1-5-17-15(16)6-8-23-17;2*3-1(4)2(5)6/h2-3,6-9,14,19,21H,1,4-5,10-12H2;2*(H,3,4)(H,5,6)/b20-16-;;. The number of aryl methyl sites for hydroxylation is 1. The van der Waals surface area contributed by atoms with E-state index in [0.29, 0.717) is 13.1 Å². The van der Waals surface area contributed by atoms with Gasteiger partial charge in [0.25, 0.3) is 0 Å². The fraction of sp³-hybridized carbons (Fsp3) is 0.333. The molecule has 1 atom stereocenters. The molecule has 1 aliphatic carbocycles. The molecule has 3 rings (SSSR count). The Morgan fingerprint density at radius 3 is 2.29 bits per heavy atom. The number of hydrogen-bond acceptors (Lipinski definition) is 10. The third-order valence-corrected chi connectivity index (χ3v) is 5.09. The van der Waals surface area contributed by atoms with Crippen LogP contribution in [0.15, 0.2) is 41.1 Å². The number of nitrogens with zero attached hydrogens (tertiary/aromatic N) is 2. The molecule has 0 fully saturated rings. The number of oxime groups is 1. The van der Waals surface area contributed by atoms with Crippen molar-refractivity contribution in [3.63, 3.8) is 0 Å². The average molecular weight is 512 g/mol. The molecule has 0 bridgehead atoms. The minimum absolute atomic E-state index is 0.197. The molecule has 1 aliphatic rings. The molecular weight excluding hydrogens is 486 g/mol. The first-order valence-corrected chi connectivity index (χ1v) is 11.0. The van der Waals surface area contributed by atoms with Crippen molar-refractivity contribution in [3.8, 4) is 0 Å². The number of pyridine rings is 1. The number of aliphatic carboxylic acids is 4. The van der Waals surface area contributed by atoms with Gasteiger partial charge in [0.1, 0.15) is 12.7 Å². The van der Waals surface area contributed by atoms with Crippen molar-refractivity contribution >= 4 is 40.9 Å². The van der Waals surface area contributed by atoms with Crippen LogP contribution in [-0.2, 0) is 37.0 Å². The van der Waals surface area contributed by atoms with Gasteiger partial charge in [-0.3, -0.25) is 4.98 Å². The van der Waals surface area contributed by atoms with E-state index in [9.17, 15) is 5.11 Å². The van der Waals surface area contributed by atoms with Gasteiger partial charge in [0.15, 0.2) is 0 Å². The van der Waals surface area contributed by atoms with Crippen LogP contribution in [0.3, 0.4) is 0 Å². The van der Waals surface area contributed by atoms with Crippen LogP contribution in [-0.4, -0.2) is 79.4 Å². The van der Waals surface area contributed by atoms with Crippen LogP contribution in [0, 0.1) is 0 Å². The Balaban J connectivity index is 0.000000425. The predicted molar refractivity (Wildman–Crippen MR) is 122 cm³/mol. The monoisotopic (exact) mass is 511 g/mol. The maximum Gasteiger partial charge on any atom is 0.414 e. The fourth-order valence-corrected chi connectivity index (χ4v) is 3.53. The van der Waals surface area contributed by atoms with Gasteiger partial charge in [-0.05, 0) is 42.3 Å². The molecule has 0 radical (unpaired) electrons. The van der Waals surface area contributed by atoms with Crippen molar-refractivity contribution in [2.24, 2.45) is 5.16 Å². The number of carboxylic acids is 4. The number of nitrogens with one attached hydrogen (secondary N) is 1. The largest absolute Gasteiger partial charge is 0.473 e. The highest BCUT2D eigenvalue weighted by atomic mass is 32.1. The van der Waals surface area contributed by atoms with E-state index in [-0.39, 0.29) is 6.61 Å². The Bertz CT molecular complexity index is 962. The van der Waals surface area contributed by atoms with Gasteiger partial charge in [0.2, 0.25) is 0 Å². The number of aliphatic hydroxyl groups is 1. The summed E-state index contributed by atoms with van der Waals surface area (Å²) >= 11 is 1.78. The van der Waals surface area contributed by atoms with E-state index in [1.165, 1.54) is 10.4 Å². The Morgan fingerprint density at radius 1 is 1.06 bits per heavy atom. The van der Waals surface area contributed by atoms with Crippen molar-refractivity contribution in [2.45, 2.75) is 31.9 Å². The summed E-state index contributed by atoms with van der Waals surface area (Å²) in [5.41, 5.74) is 3.31. The zero-order valence-corrected chi connectivity index (χ0v) is 19.2. The normalized spacial score (nSPS) is 13.7. The molecule has 0 saturated carbocycles. The maximum absolute atomic E-state index is 9.94. The first-order chi connectivity index (χ1) is 16.6. The minimum Gasteiger partial charge on any atom is -0.473 e. The van der Waals surface area contributed by atoms with E-state index < -0.39 is 30.0 Å². The second kappa shape index (κ2) is 15.9. The van der Waals surface area contributed by atoms with Crippen molar-refractivity contribution in [3.05, 3.63) is 52.0 Å². The number of aliphatic hydroxyl groups excluding tert-OH is 1. The SMILES string of the molecule is O=C(O)C(=O)O.O=C(O)C(=O)O.OC(CNCc1cccnc1)CO/N=C1/CCCc2sccc21. The lowest BCUT2D eigenvalue weighted by Crippen LogP contribution is -2.29. The Labute approximate surface area is 203 Å². The predicted octanol–water partition coefficient (Wildman–Crippen LogP) is 0.662. The van der Waals surface area contributed by atoms with Gasteiger partial charge in [-0.2, -0.15) is 0 Å². The quantitative estimate of drug-likeness (QED) is 0.223. The van der Waals surface area contributed by atoms with E-state index in [1.807, 2.05) is 18.3 Å². The van der Waals surface area contributed by atoms with Crippen LogP contribution in [0.1, 0.15) is 28.8 Å². The summed E-state index contributed by atoms with van der Waals surface area (Å²) in [6.07, 6.45) is 6.16. The van der Waals surface area contributed by atoms with Crippen LogP contribution in [0.2, 0.25) is 0 Å². The Morgan fingerprint density at radius 2 is 1.71 bits per heavy atom. The molecule has 6 N–H and O–H groups in total. The van der Waals surface area contributed by atoms with Crippen LogP contribution < -0.4 is 5.32 Å². The third-order valence-electron chi connectivity index (χ3n) is 4.11. The van der Waals surface area contributed by atoms with Crippen LogP contribution in [0.4, 0.5) is 0 Å². The summed E-state index contributed by atoms with van der Waals surface area (Å²) < 4.78 is 0. The van der Waals surface area contributed by atoms with E-state index >= 15 is 0 Å². The lowest BCUT2D eigenvalue weighted by atomic mass is 9.97. The van der Waals surface area contributed by atoms with Crippen LogP contribution >= 0.6 is 11.3 Å². The van der Waals surface area contributed by atoms with Gasteiger partial charge in [-0.1, -0.05) is 11.2 Å². The molecule has 13 nitrogen and oxygen atoms in total. The molecule has 1 unspecified atom stereocenters. The highest BCUT2D eigenvalue weighted by Crippen LogP contribution is 2.26. The van der Waals surface area contributed by atoms with Crippen LogP contribution in [0.5, 0.6) is 0 Å². The Kier molecular flexibility index (Phi) is 13.2. The number of aromatic nitrogens is 1. The van der Waals surface area contributed by atoms with Gasteiger partial charge in [0, 0.05) is 35.9 Å². The molecule has 2 heterocycles. The molecule has 0 spiro atoms. The van der Waals surface area contributed by atoms with Crippen molar-refractivity contribution < 1.29 is 49.5 Å². The summed E-state index contributed by atoms with van der Waals surface area (Å²) in [6, 6.07) is 6.00. The van der Waals surface area contributed by atoms with Gasteiger partial charge in [0.05, 0.1) is 5.71 Å². The molecule has 0 saturated heterocycles. The molecule has 14 heteroatoms. The highest BCUT2D eigenvalue weighted by Gasteiger charge is 2.17. The van der Waals surface area contributed by atoms with Crippen molar-refractivity contribution in [2.75, 3.05) is 13.2 Å². The second-order valence-electron chi connectivity index (χ2n) is 6.81. The van der Waals surface area contributed by atoms with Crippen molar-refractivity contribution in [1.29, 1.82) is 0 Å². The summed E-state index contributed by atoms with van der Waals surface area (Å²) in [6.45, 7) is 1.34. The average Bonchev–Trinajstić information content (AvgIpc) is 3.30. The molecule has 0 amide bonds. The summed E-state index contributed by atoms with van der Waals surface area (Å²) in [5, 5.41) is 49.0. The number of carbonyl (C=O) groups is 4. The molecule has 2 aromatic heterocycles. The van der Waals surface area contributed by atoms with E-state index in [2.05, 4.69) is 26.9 Å². The summed E-state index contributed by atoms with van der Waals surface area (Å²) in [7, 11) is 0. The number of rotatable bonds is 7. The van der Waals surface area contributed by atoms with E-state index in [0.717, 1.165) is 30.5 Å². The highest BCUT2D eigenvalue weighted by molar-refractivity contribution is 7.10.